The Balaban J connectivity index is 1.91. The Morgan fingerprint density at radius 3 is 2.08 bits per heavy atom. The van der Waals surface area contributed by atoms with Crippen LogP contribution in [0.3, 0.4) is 0 Å². The minimum atomic E-state index is -1.66. The van der Waals surface area contributed by atoms with Gasteiger partial charge < -0.3 is 15.7 Å². The van der Waals surface area contributed by atoms with Gasteiger partial charge in [-0.05, 0) is 12.8 Å². The summed E-state index contributed by atoms with van der Waals surface area (Å²) in [5.41, 5.74) is -1.43. The number of halogens is 3. The van der Waals surface area contributed by atoms with Crippen LogP contribution in [0.5, 0.6) is 0 Å². The minimum Gasteiger partial charge on any atom is -0.388 e. The molecule has 0 heterocycles. The van der Waals surface area contributed by atoms with Gasteiger partial charge in [-0.1, -0.05) is 25.7 Å². The molecule has 0 unspecified atom stereocenters. The summed E-state index contributed by atoms with van der Waals surface area (Å²) in [6, 6.07) is 1.14. The fourth-order valence-corrected chi connectivity index (χ4v) is 2.70. The Morgan fingerprint density at radius 2 is 1.54 bits per heavy atom. The van der Waals surface area contributed by atoms with Crippen molar-refractivity contribution in [2.45, 2.75) is 44.1 Å². The first-order chi connectivity index (χ1) is 11.3. The molecule has 1 aliphatic carbocycles. The van der Waals surface area contributed by atoms with Crippen molar-refractivity contribution in [3.05, 3.63) is 29.6 Å². The van der Waals surface area contributed by atoms with Crippen LogP contribution in [-0.2, 0) is 9.59 Å². The van der Waals surface area contributed by atoms with E-state index in [2.05, 4.69) is 5.32 Å². The zero-order chi connectivity index (χ0) is 17.7. The highest BCUT2D eigenvalue weighted by Crippen LogP contribution is 2.26. The van der Waals surface area contributed by atoms with E-state index in [9.17, 15) is 27.9 Å². The first kappa shape index (κ1) is 18.3. The summed E-state index contributed by atoms with van der Waals surface area (Å²) in [6.45, 7) is -0.0780. The molecule has 0 aromatic heterocycles. The molecule has 1 aliphatic rings. The van der Waals surface area contributed by atoms with Crippen molar-refractivity contribution in [3.8, 4) is 0 Å². The second-order valence-electron chi connectivity index (χ2n) is 6.03. The van der Waals surface area contributed by atoms with E-state index in [4.69, 9.17) is 0 Å². The Morgan fingerprint density at radius 1 is 1.00 bits per heavy atom. The largest absolute Gasteiger partial charge is 0.388 e. The van der Waals surface area contributed by atoms with Crippen LogP contribution in [0.25, 0.3) is 0 Å². The zero-order valence-electron chi connectivity index (χ0n) is 13.0. The maximum atomic E-state index is 13.1. The third kappa shape index (κ3) is 4.70. The van der Waals surface area contributed by atoms with Crippen LogP contribution in [-0.4, -0.2) is 29.1 Å². The standard InChI is InChI=1S/C16H19F3N2O3/c17-11-7-10(8-12(18)13(11)19)21-15(23)14(22)20-9-16(24)5-3-1-2-4-6-16/h7-8,24H,1-6,9H2,(H,20,22)(H,21,23). The van der Waals surface area contributed by atoms with Crippen LogP contribution in [0.4, 0.5) is 18.9 Å². The molecule has 1 aromatic rings. The number of nitrogens with one attached hydrogen (secondary N) is 2. The SMILES string of the molecule is O=C(NCC1(O)CCCCCC1)C(=O)Nc1cc(F)c(F)c(F)c1. The van der Waals surface area contributed by atoms with Gasteiger partial charge in [0, 0.05) is 24.4 Å². The van der Waals surface area contributed by atoms with E-state index >= 15 is 0 Å². The summed E-state index contributed by atoms with van der Waals surface area (Å²) in [4.78, 5) is 23.5. The highest BCUT2D eigenvalue weighted by molar-refractivity contribution is 6.39. The molecule has 0 aliphatic heterocycles. The average molecular weight is 344 g/mol. The Kier molecular flexibility index (Phi) is 5.82. The smallest absolute Gasteiger partial charge is 0.313 e. The molecule has 24 heavy (non-hydrogen) atoms. The minimum absolute atomic E-state index is 0.0780. The number of benzene rings is 1. The van der Waals surface area contributed by atoms with Gasteiger partial charge in [-0.2, -0.15) is 0 Å². The Bertz CT molecular complexity index is 606. The van der Waals surface area contributed by atoms with Crippen molar-refractivity contribution < 1.29 is 27.9 Å². The highest BCUT2D eigenvalue weighted by atomic mass is 19.2. The number of anilines is 1. The normalized spacial score (nSPS) is 17.0. The Hall–Kier alpha value is -2.09. The average Bonchev–Trinajstić information content (AvgIpc) is 2.75. The van der Waals surface area contributed by atoms with Crippen molar-refractivity contribution in [3.63, 3.8) is 0 Å². The molecule has 132 valence electrons. The van der Waals surface area contributed by atoms with Gasteiger partial charge >= 0.3 is 11.8 Å². The van der Waals surface area contributed by atoms with E-state index < -0.39 is 34.9 Å². The molecule has 2 rings (SSSR count). The zero-order valence-corrected chi connectivity index (χ0v) is 13.0. The molecule has 0 bridgehead atoms. The van der Waals surface area contributed by atoms with Crippen LogP contribution in [0.1, 0.15) is 38.5 Å². The van der Waals surface area contributed by atoms with Crippen molar-refractivity contribution in [2.75, 3.05) is 11.9 Å². The van der Waals surface area contributed by atoms with Crippen LogP contribution >= 0.6 is 0 Å². The summed E-state index contributed by atoms with van der Waals surface area (Å²) in [6.07, 6.45) is 4.77. The van der Waals surface area contributed by atoms with Crippen molar-refractivity contribution >= 4 is 17.5 Å². The highest BCUT2D eigenvalue weighted by Gasteiger charge is 2.29. The predicted octanol–water partition coefficient (Wildman–Crippen LogP) is 2.24. The summed E-state index contributed by atoms with van der Waals surface area (Å²) in [7, 11) is 0. The first-order valence-electron chi connectivity index (χ1n) is 7.77. The molecule has 0 saturated heterocycles. The predicted molar refractivity (Wildman–Crippen MR) is 80.6 cm³/mol. The van der Waals surface area contributed by atoms with Gasteiger partial charge in [0.1, 0.15) is 0 Å². The molecule has 8 heteroatoms. The van der Waals surface area contributed by atoms with Crippen LogP contribution < -0.4 is 10.6 Å². The fourth-order valence-electron chi connectivity index (χ4n) is 2.70. The van der Waals surface area contributed by atoms with Gasteiger partial charge in [0.05, 0.1) is 5.60 Å². The third-order valence-corrected chi connectivity index (χ3v) is 4.06. The van der Waals surface area contributed by atoms with Crippen molar-refractivity contribution in [1.29, 1.82) is 0 Å². The molecular weight excluding hydrogens is 325 g/mol. The molecule has 1 saturated carbocycles. The number of hydrogen-bond donors (Lipinski definition) is 3. The fraction of sp³-hybridized carbons (Fsp3) is 0.500. The van der Waals surface area contributed by atoms with E-state index in [0.717, 1.165) is 25.7 Å². The van der Waals surface area contributed by atoms with E-state index in [-0.39, 0.29) is 12.2 Å². The monoisotopic (exact) mass is 344 g/mol. The van der Waals surface area contributed by atoms with Gasteiger partial charge in [-0.15, -0.1) is 0 Å². The number of carbonyl (C=O) groups excluding carboxylic acids is 2. The molecule has 1 fully saturated rings. The molecule has 5 nitrogen and oxygen atoms in total. The van der Waals surface area contributed by atoms with Crippen molar-refractivity contribution in [2.24, 2.45) is 0 Å². The summed E-state index contributed by atoms with van der Waals surface area (Å²) >= 11 is 0. The second-order valence-corrected chi connectivity index (χ2v) is 6.03. The van der Waals surface area contributed by atoms with Gasteiger partial charge in [-0.25, -0.2) is 13.2 Å². The molecule has 3 N–H and O–H groups in total. The molecule has 0 radical (unpaired) electrons. The van der Waals surface area contributed by atoms with Crippen LogP contribution in [0.2, 0.25) is 0 Å². The summed E-state index contributed by atoms with van der Waals surface area (Å²) in [5, 5.41) is 14.7. The number of aliphatic hydroxyl groups is 1. The molecular formula is C16H19F3N2O3. The number of rotatable bonds is 3. The quantitative estimate of drug-likeness (QED) is 0.447. The van der Waals surface area contributed by atoms with E-state index in [1.54, 1.807) is 0 Å². The van der Waals surface area contributed by atoms with Gasteiger partial charge in [-0.3, -0.25) is 9.59 Å². The third-order valence-electron chi connectivity index (χ3n) is 4.06. The molecule has 2 amide bonds. The lowest BCUT2D eigenvalue weighted by atomic mass is 9.94. The maximum Gasteiger partial charge on any atom is 0.313 e. The van der Waals surface area contributed by atoms with Crippen LogP contribution in [0, 0.1) is 17.5 Å². The Labute approximate surface area is 137 Å². The van der Waals surface area contributed by atoms with Gasteiger partial charge in [0.25, 0.3) is 0 Å². The van der Waals surface area contributed by atoms with Gasteiger partial charge in [0.2, 0.25) is 0 Å². The summed E-state index contributed by atoms with van der Waals surface area (Å²) in [5.74, 6) is -6.81. The lowest BCUT2D eigenvalue weighted by Gasteiger charge is -2.26. The van der Waals surface area contributed by atoms with E-state index in [1.807, 2.05) is 5.32 Å². The second kappa shape index (κ2) is 7.65. The summed E-state index contributed by atoms with van der Waals surface area (Å²) < 4.78 is 39.0. The van der Waals surface area contributed by atoms with E-state index in [1.165, 1.54) is 0 Å². The topological polar surface area (TPSA) is 78.4 Å². The molecule has 0 spiro atoms. The van der Waals surface area contributed by atoms with E-state index in [0.29, 0.717) is 25.0 Å². The number of hydrogen-bond acceptors (Lipinski definition) is 3. The first-order valence-corrected chi connectivity index (χ1v) is 7.77. The number of amides is 2. The van der Waals surface area contributed by atoms with Crippen molar-refractivity contribution in [1.82, 2.24) is 5.32 Å². The molecule has 1 aromatic carbocycles. The lowest BCUT2D eigenvalue weighted by molar-refractivity contribution is -0.136. The molecule has 0 atom stereocenters. The number of carbonyl (C=O) groups is 2. The lowest BCUT2D eigenvalue weighted by Crippen LogP contribution is -2.46. The van der Waals surface area contributed by atoms with Gasteiger partial charge in [0.15, 0.2) is 17.5 Å². The maximum absolute atomic E-state index is 13.1. The van der Waals surface area contributed by atoms with Crippen LogP contribution in [0.15, 0.2) is 12.1 Å².